The smallest absolute Gasteiger partial charge is 0.193 e. The average molecular weight is 411 g/mol. The molecule has 0 bridgehead atoms. The van der Waals surface area contributed by atoms with Crippen LogP contribution in [0.2, 0.25) is 0 Å². The van der Waals surface area contributed by atoms with Gasteiger partial charge in [0.1, 0.15) is 9.84 Å². The third-order valence-corrected chi connectivity index (χ3v) is 3.48. The predicted octanol–water partition coefficient (Wildman–Crippen LogP) is 2.08. The van der Waals surface area contributed by atoms with E-state index in [0.717, 1.165) is 16.8 Å². The molecule has 0 aliphatic heterocycles. The summed E-state index contributed by atoms with van der Waals surface area (Å²) in [7, 11) is -2.92. The number of rotatable bonds is 5. The highest BCUT2D eigenvalue weighted by atomic mass is 127. The molecule has 0 fully saturated rings. The Kier molecular flexibility index (Phi) is 8.10. The number of nitrogens with one attached hydrogen (secondary N) is 1. The number of guanidine groups is 1. The van der Waals surface area contributed by atoms with Gasteiger partial charge in [0.15, 0.2) is 5.96 Å². The van der Waals surface area contributed by atoms with Crippen molar-refractivity contribution >= 4 is 45.5 Å². The number of halogens is 1. The van der Waals surface area contributed by atoms with E-state index in [-0.39, 0.29) is 29.7 Å². The van der Waals surface area contributed by atoms with E-state index < -0.39 is 9.84 Å². The maximum Gasteiger partial charge on any atom is 0.193 e. The first-order valence-electron chi connectivity index (χ1n) is 6.09. The Morgan fingerprint density at radius 2 is 1.80 bits per heavy atom. The Morgan fingerprint density at radius 1 is 1.25 bits per heavy atom. The van der Waals surface area contributed by atoms with Gasteiger partial charge in [-0.2, -0.15) is 0 Å². The zero-order chi connectivity index (χ0) is 14.5. The van der Waals surface area contributed by atoms with Crippen molar-refractivity contribution in [2.75, 3.05) is 23.9 Å². The summed E-state index contributed by atoms with van der Waals surface area (Å²) < 4.78 is 21.9. The van der Waals surface area contributed by atoms with Gasteiger partial charge in [-0.3, -0.25) is 4.99 Å². The highest BCUT2D eigenvalue weighted by Crippen LogP contribution is 2.13. The molecule has 0 heterocycles. The summed E-state index contributed by atoms with van der Waals surface area (Å²) in [5.74, 6) is 0.436. The molecule has 114 valence electrons. The van der Waals surface area contributed by atoms with Crippen LogP contribution in [-0.2, 0) is 9.84 Å². The van der Waals surface area contributed by atoms with E-state index >= 15 is 0 Å². The van der Waals surface area contributed by atoms with E-state index in [1.165, 1.54) is 6.26 Å². The van der Waals surface area contributed by atoms with Gasteiger partial charge in [-0.25, -0.2) is 8.42 Å². The van der Waals surface area contributed by atoms with Gasteiger partial charge in [-0.05, 0) is 43.5 Å². The van der Waals surface area contributed by atoms with Crippen LogP contribution in [0.25, 0.3) is 0 Å². The van der Waals surface area contributed by atoms with Crippen LogP contribution in [0, 0.1) is 13.8 Å². The Balaban J connectivity index is 0.00000361. The van der Waals surface area contributed by atoms with E-state index in [1.54, 1.807) is 0 Å². The number of aliphatic imine (C=N–C) groups is 1. The van der Waals surface area contributed by atoms with Gasteiger partial charge in [0.2, 0.25) is 0 Å². The minimum Gasteiger partial charge on any atom is -0.370 e. The van der Waals surface area contributed by atoms with Gasteiger partial charge >= 0.3 is 0 Å². The third kappa shape index (κ3) is 8.36. The summed E-state index contributed by atoms with van der Waals surface area (Å²) >= 11 is 0. The van der Waals surface area contributed by atoms with Gasteiger partial charge in [-0.15, -0.1) is 24.0 Å². The SMILES string of the molecule is Cc1cc(C)cc(NC(N)=NCCCS(C)(=O)=O)c1.I. The molecule has 7 heteroatoms. The summed E-state index contributed by atoms with van der Waals surface area (Å²) in [5, 5.41) is 3.00. The van der Waals surface area contributed by atoms with Crippen LogP contribution >= 0.6 is 24.0 Å². The second-order valence-corrected chi connectivity index (χ2v) is 7.01. The number of nitrogens with two attached hydrogens (primary N) is 1. The predicted molar refractivity (Wildman–Crippen MR) is 95.8 cm³/mol. The fourth-order valence-electron chi connectivity index (χ4n) is 1.76. The maximum atomic E-state index is 10.9. The normalized spacial score (nSPS) is 11.8. The Bertz CT molecular complexity index is 551. The highest BCUT2D eigenvalue weighted by molar-refractivity contribution is 14.0. The molecule has 0 unspecified atom stereocenters. The lowest BCUT2D eigenvalue weighted by atomic mass is 10.1. The van der Waals surface area contributed by atoms with Crippen LogP contribution in [0.5, 0.6) is 0 Å². The van der Waals surface area contributed by atoms with E-state index in [9.17, 15) is 8.42 Å². The molecular formula is C13H22IN3O2S. The Morgan fingerprint density at radius 3 is 2.30 bits per heavy atom. The molecule has 0 aliphatic carbocycles. The number of anilines is 1. The lowest BCUT2D eigenvalue weighted by molar-refractivity contribution is 0.599. The van der Waals surface area contributed by atoms with Crippen LogP contribution in [-0.4, -0.2) is 32.9 Å². The molecule has 0 aliphatic rings. The maximum absolute atomic E-state index is 10.9. The third-order valence-electron chi connectivity index (χ3n) is 2.45. The van der Waals surface area contributed by atoms with Crippen LogP contribution in [0.15, 0.2) is 23.2 Å². The standard InChI is InChI=1S/C13H21N3O2S.HI/c1-10-7-11(2)9-12(8-10)16-13(14)15-5-4-6-19(3,17)18;/h7-9H,4-6H2,1-3H3,(H3,14,15,16);1H. The van der Waals surface area contributed by atoms with E-state index in [4.69, 9.17) is 5.73 Å². The van der Waals surface area contributed by atoms with Crippen molar-refractivity contribution in [3.8, 4) is 0 Å². The van der Waals surface area contributed by atoms with Crippen molar-refractivity contribution in [2.45, 2.75) is 20.3 Å². The quantitative estimate of drug-likeness (QED) is 0.336. The molecule has 0 spiro atoms. The van der Waals surface area contributed by atoms with E-state index in [2.05, 4.69) is 16.4 Å². The second-order valence-electron chi connectivity index (χ2n) is 4.75. The molecule has 3 N–H and O–H groups in total. The van der Waals surface area contributed by atoms with Crippen molar-refractivity contribution < 1.29 is 8.42 Å². The highest BCUT2D eigenvalue weighted by Gasteiger charge is 2.01. The number of hydrogen-bond acceptors (Lipinski definition) is 3. The number of benzene rings is 1. The van der Waals surface area contributed by atoms with Gasteiger partial charge in [0.25, 0.3) is 0 Å². The van der Waals surface area contributed by atoms with Crippen LogP contribution in [0.3, 0.4) is 0 Å². The van der Waals surface area contributed by atoms with Crippen LogP contribution in [0.1, 0.15) is 17.5 Å². The minimum absolute atomic E-state index is 0. The number of aryl methyl sites for hydroxylation is 2. The molecule has 0 saturated heterocycles. The molecule has 0 radical (unpaired) electrons. The Labute approximate surface area is 138 Å². The lowest BCUT2D eigenvalue weighted by Gasteiger charge is -2.07. The van der Waals surface area contributed by atoms with Gasteiger partial charge in [0.05, 0.1) is 5.75 Å². The first kappa shape index (κ1) is 19.2. The summed E-state index contributed by atoms with van der Waals surface area (Å²) in [6, 6.07) is 6.03. The van der Waals surface area contributed by atoms with E-state index in [0.29, 0.717) is 18.9 Å². The molecule has 0 atom stereocenters. The zero-order valence-corrected chi connectivity index (χ0v) is 15.2. The zero-order valence-electron chi connectivity index (χ0n) is 12.0. The first-order valence-corrected chi connectivity index (χ1v) is 8.15. The van der Waals surface area contributed by atoms with Crippen molar-refractivity contribution in [1.82, 2.24) is 0 Å². The first-order chi connectivity index (χ1) is 8.76. The summed E-state index contributed by atoms with van der Waals surface area (Å²) in [6.07, 6.45) is 1.70. The van der Waals surface area contributed by atoms with E-state index in [1.807, 2.05) is 26.0 Å². The average Bonchev–Trinajstić information content (AvgIpc) is 2.21. The topological polar surface area (TPSA) is 84.5 Å². The van der Waals surface area contributed by atoms with Gasteiger partial charge in [-0.1, -0.05) is 6.07 Å². The van der Waals surface area contributed by atoms with Crippen LogP contribution < -0.4 is 11.1 Å². The molecule has 20 heavy (non-hydrogen) atoms. The van der Waals surface area contributed by atoms with Crippen molar-refractivity contribution in [3.63, 3.8) is 0 Å². The summed E-state index contributed by atoms with van der Waals surface area (Å²) in [6.45, 7) is 4.42. The molecule has 1 aromatic carbocycles. The number of sulfone groups is 1. The Hall–Kier alpha value is -0.830. The number of nitrogens with zero attached hydrogens (tertiary/aromatic N) is 1. The fraction of sp³-hybridized carbons (Fsp3) is 0.462. The van der Waals surface area contributed by atoms with Crippen molar-refractivity contribution in [1.29, 1.82) is 0 Å². The largest absolute Gasteiger partial charge is 0.370 e. The molecular weight excluding hydrogens is 389 g/mol. The second kappa shape index (κ2) is 8.46. The lowest BCUT2D eigenvalue weighted by Crippen LogP contribution is -2.23. The van der Waals surface area contributed by atoms with Gasteiger partial charge in [0, 0.05) is 18.5 Å². The van der Waals surface area contributed by atoms with Crippen molar-refractivity contribution in [3.05, 3.63) is 29.3 Å². The monoisotopic (exact) mass is 411 g/mol. The molecule has 0 aromatic heterocycles. The van der Waals surface area contributed by atoms with Crippen LogP contribution in [0.4, 0.5) is 5.69 Å². The van der Waals surface area contributed by atoms with Gasteiger partial charge < -0.3 is 11.1 Å². The molecule has 1 aromatic rings. The molecule has 0 amide bonds. The minimum atomic E-state index is -2.92. The van der Waals surface area contributed by atoms with Crippen molar-refractivity contribution in [2.24, 2.45) is 10.7 Å². The molecule has 1 rings (SSSR count). The summed E-state index contributed by atoms with van der Waals surface area (Å²) in [5.41, 5.74) is 8.93. The number of hydrogen-bond donors (Lipinski definition) is 2. The fourth-order valence-corrected chi connectivity index (χ4v) is 2.41. The molecule has 0 saturated carbocycles. The summed E-state index contributed by atoms with van der Waals surface area (Å²) in [4.78, 5) is 4.10. The molecule has 5 nitrogen and oxygen atoms in total.